The van der Waals surface area contributed by atoms with Crippen molar-refractivity contribution < 1.29 is 4.79 Å². The highest BCUT2D eigenvalue weighted by molar-refractivity contribution is 5.98. The van der Waals surface area contributed by atoms with E-state index in [2.05, 4.69) is 25.1 Å². The van der Waals surface area contributed by atoms with Crippen LogP contribution in [-0.4, -0.2) is 31.3 Å². The minimum absolute atomic E-state index is 0. The van der Waals surface area contributed by atoms with Crippen molar-refractivity contribution in [2.45, 2.75) is 12.8 Å². The molecular weight excluding hydrogens is 222 g/mol. The quantitative estimate of drug-likeness (QED) is 0.790. The van der Waals surface area contributed by atoms with E-state index in [0.29, 0.717) is 18.1 Å². The molecule has 0 aliphatic heterocycles. The largest absolute Gasteiger partial charge is 0.309 e. The van der Waals surface area contributed by atoms with Crippen molar-refractivity contribution in [3.05, 3.63) is 35.4 Å². The van der Waals surface area contributed by atoms with Gasteiger partial charge in [-0.3, -0.25) is 4.79 Å². The first kappa shape index (κ1) is 13.2. The topological polar surface area (TPSA) is 20.3 Å². The average molecular weight is 240 g/mol. The number of hydrogen-bond acceptors (Lipinski definition) is 2. The molecule has 1 aromatic carbocycles. The van der Waals surface area contributed by atoms with E-state index in [0.717, 1.165) is 18.5 Å². The van der Waals surface area contributed by atoms with E-state index in [1.54, 1.807) is 0 Å². The third-order valence-corrected chi connectivity index (χ3v) is 2.92. The van der Waals surface area contributed by atoms with Crippen LogP contribution >= 0.6 is 12.4 Å². The van der Waals surface area contributed by atoms with Gasteiger partial charge in [0.15, 0.2) is 5.78 Å². The SMILES string of the molecule is CN(C)CC1CC(=O)c2ccccc2C1.Cl. The Morgan fingerprint density at radius 3 is 2.62 bits per heavy atom. The fraction of sp³-hybridized carbons (Fsp3) is 0.462. The number of hydrogen-bond donors (Lipinski definition) is 0. The molecule has 88 valence electrons. The van der Waals surface area contributed by atoms with Crippen molar-refractivity contribution in [1.29, 1.82) is 0 Å². The Balaban J connectivity index is 0.00000128. The molecule has 0 radical (unpaired) electrons. The minimum atomic E-state index is 0. The number of nitrogens with zero attached hydrogens (tertiary/aromatic N) is 1. The predicted octanol–water partition coefficient (Wildman–Crippen LogP) is 2.42. The third-order valence-electron chi connectivity index (χ3n) is 2.92. The summed E-state index contributed by atoms with van der Waals surface area (Å²) in [6, 6.07) is 7.99. The summed E-state index contributed by atoms with van der Waals surface area (Å²) in [5.41, 5.74) is 2.16. The van der Waals surface area contributed by atoms with Crippen molar-refractivity contribution in [3.63, 3.8) is 0 Å². The molecule has 0 spiro atoms. The van der Waals surface area contributed by atoms with Gasteiger partial charge in [0.1, 0.15) is 0 Å². The molecule has 1 aliphatic carbocycles. The molecule has 1 atom stereocenters. The molecule has 0 aromatic heterocycles. The molecule has 1 aliphatic rings. The lowest BCUT2D eigenvalue weighted by molar-refractivity contribution is 0.0939. The molecule has 0 N–H and O–H groups in total. The summed E-state index contributed by atoms with van der Waals surface area (Å²) in [4.78, 5) is 14.0. The zero-order valence-corrected chi connectivity index (χ0v) is 10.6. The average Bonchev–Trinajstić information content (AvgIpc) is 2.16. The Morgan fingerprint density at radius 2 is 1.94 bits per heavy atom. The lowest BCUT2D eigenvalue weighted by Gasteiger charge is -2.25. The number of ketones is 1. The number of benzene rings is 1. The predicted molar refractivity (Wildman–Crippen MR) is 68.4 cm³/mol. The van der Waals surface area contributed by atoms with Gasteiger partial charge in [0.2, 0.25) is 0 Å². The van der Waals surface area contributed by atoms with E-state index in [-0.39, 0.29) is 12.4 Å². The molecule has 0 heterocycles. The molecule has 0 amide bonds. The fourth-order valence-electron chi connectivity index (χ4n) is 2.37. The summed E-state index contributed by atoms with van der Waals surface area (Å²) < 4.78 is 0. The Kier molecular flexibility index (Phi) is 4.51. The Hall–Kier alpha value is -0.860. The summed E-state index contributed by atoms with van der Waals surface area (Å²) in [5, 5.41) is 0. The molecule has 0 bridgehead atoms. The normalized spacial score (nSPS) is 19.2. The number of fused-ring (bicyclic) bond motifs is 1. The van der Waals surface area contributed by atoms with Crippen LogP contribution < -0.4 is 0 Å². The Bertz CT molecular complexity index is 376. The van der Waals surface area contributed by atoms with E-state index < -0.39 is 0 Å². The van der Waals surface area contributed by atoms with Gasteiger partial charge < -0.3 is 4.90 Å². The summed E-state index contributed by atoms with van der Waals surface area (Å²) in [5.74, 6) is 0.797. The second-order valence-electron chi connectivity index (χ2n) is 4.62. The Labute approximate surface area is 103 Å². The minimum Gasteiger partial charge on any atom is -0.309 e. The van der Waals surface area contributed by atoms with Gasteiger partial charge in [-0.1, -0.05) is 24.3 Å². The lowest BCUT2D eigenvalue weighted by Crippen LogP contribution is -2.29. The Morgan fingerprint density at radius 1 is 1.25 bits per heavy atom. The zero-order chi connectivity index (χ0) is 10.8. The maximum Gasteiger partial charge on any atom is 0.163 e. The smallest absolute Gasteiger partial charge is 0.163 e. The molecule has 16 heavy (non-hydrogen) atoms. The zero-order valence-electron chi connectivity index (χ0n) is 9.77. The van der Waals surface area contributed by atoms with Crippen molar-refractivity contribution in [2.24, 2.45) is 5.92 Å². The monoisotopic (exact) mass is 239 g/mol. The second-order valence-corrected chi connectivity index (χ2v) is 4.62. The number of carbonyl (C=O) groups excluding carboxylic acids is 1. The number of Topliss-reactive ketones (excluding diaryl/α,β-unsaturated/α-hetero) is 1. The van der Waals surface area contributed by atoms with E-state index in [1.165, 1.54) is 5.56 Å². The maximum atomic E-state index is 11.9. The van der Waals surface area contributed by atoms with Gasteiger partial charge in [-0.05, 0) is 32.0 Å². The van der Waals surface area contributed by atoms with Crippen molar-refractivity contribution in [3.8, 4) is 0 Å². The van der Waals surface area contributed by atoms with Crippen LogP contribution in [0.4, 0.5) is 0 Å². The first-order chi connectivity index (χ1) is 7.16. The molecule has 1 unspecified atom stereocenters. The van der Waals surface area contributed by atoms with Crippen LogP contribution in [0.15, 0.2) is 24.3 Å². The highest BCUT2D eigenvalue weighted by Gasteiger charge is 2.24. The number of halogens is 1. The highest BCUT2D eigenvalue weighted by Crippen LogP contribution is 2.25. The fourth-order valence-corrected chi connectivity index (χ4v) is 2.37. The third kappa shape index (κ3) is 2.83. The van der Waals surface area contributed by atoms with Crippen molar-refractivity contribution in [2.75, 3.05) is 20.6 Å². The summed E-state index contributed by atoms with van der Waals surface area (Å²) in [6.07, 6.45) is 1.75. The summed E-state index contributed by atoms with van der Waals surface area (Å²) in [7, 11) is 4.12. The van der Waals surface area contributed by atoms with Crippen LogP contribution in [0.5, 0.6) is 0 Å². The molecule has 0 saturated heterocycles. The van der Waals surface area contributed by atoms with Gasteiger partial charge >= 0.3 is 0 Å². The van der Waals surface area contributed by atoms with E-state index in [9.17, 15) is 4.79 Å². The van der Waals surface area contributed by atoms with Crippen LogP contribution in [0, 0.1) is 5.92 Å². The van der Waals surface area contributed by atoms with Gasteiger partial charge in [0, 0.05) is 18.5 Å². The van der Waals surface area contributed by atoms with E-state index in [4.69, 9.17) is 0 Å². The molecular formula is C13H18ClNO. The first-order valence-electron chi connectivity index (χ1n) is 5.42. The van der Waals surface area contributed by atoms with E-state index >= 15 is 0 Å². The van der Waals surface area contributed by atoms with Crippen molar-refractivity contribution >= 4 is 18.2 Å². The van der Waals surface area contributed by atoms with Gasteiger partial charge in [0.05, 0.1) is 0 Å². The van der Waals surface area contributed by atoms with Gasteiger partial charge in [0.25, 0.3) is 0 Å². The first-order valence-corrected chi connectivity index (χ1v) is 5.42. The van der Waals surface area contributed by atoms with Crippen LogP contribution in [0.25, 0.3) is 0 Å². The molecule has 2 rings (SSSR count). The van der Waals surface area contributed by atoms with Crippen LogP contribution in [-0.2, 0) is 6.42 Å². The maximum absolute atomic E-state index is 11.9. The molecule has 0 saturated carbocycles. The number of rotatable bonds is 2. The molecule has 3 heteroatoms. The van der Waals surface area contributed by atoms with Crippen molar-refractivity contribution in [1.82, 2.24) is 4.90 Å². The van der Waals surface area contributed by atoms with Gasteiger partial charge in [-0.2, -0.15) is 0 Å². The molecule has 0 fully saturated rings. The number of carbonyl (C=O) groups is 1. The van der Waals surface area contributed by atoms with Crippen LogP contribution in [0.2, 0.25) is 0 Å². The van der Waals surface area contributed by atoms with Gasteiger partial charge in [-0.15, -0.1) is 12.4 Å². The summed E-state index contributed by atoms with van der Waals surface area (Å²) in [6.45, 7) is 1.00. The van der Waals surface area contributed by atoms with Crippen LogP contribution in [0.1, 0.15) is 22.3 Å². The molecule has 2 nitrogen and oxygen atoms in total. The van der Waals surface area contributed by atoms with E-state index in [1.807, 2.05) is 18.2 Å². The van der Waals surface area contributed by atoms with Crippen LogP contribution in [0.3, 0.4) is 0 Å². The standard InChI is InChI=1S/C13H17NO.ClH/c1-14(2)9-10-7-11-5-3-4-6-12(11)13(15)8-10;/h3-6,10H,7-9H2,1-2H3;1H. The summed E-state index contributed by atoms with van der Waals surface area (Å²) >= 11 is 0. The highest BCUT2D eigenvalue weighted by atomic mass is 35.5. The second kappa shape index (κ2) is 5.46. The van der Waals surface area contributed by atoms with Gasteiger partial charge in [-0.25, -0.2) is 0 Å². The lowest BCUT2D eigenvalue weighted by atomic mass is 9.83. The molecule has 1 aromatic rings.